The second kappa shape index (κ2) is 4.31. The average Bonchev–Trinajstić information content (AvgIpc) is 2.80. The van der Waals surface area contributed by atoms with E-state index in [1.165, 1.54) is 7.11 Å². The van der Waals surface area contributed by atoms with Crippen molar-refractivity contribution in [1.29, 1.82) is 0 Å². The number of carbonyl (C=O) groups is 2. The summed E-state index contributed by atoms with van der Waals surface area (Å²) < 4.78 is 10.7. The van der Waals surface area contributed by atoms with Gasteiger partial charge in [0.05, 0.1) is 12.7 Å². The number of Topliss-reactive ketones (excluding diaryl/α,β-unsaturated/α-hetero) is 1. The first-order valence-electron chi connectivity index (χ1n) is 6.24. The van der Waals surface area contributed by atoms with Crippen LogP contribution in [0.15, 0.2) is 42.0 Å². The molecule has 0 unspecified atom stereocenters. The smallest absolute Gasteiger partial charge is 0.336 e. The lowest BCUT2D eigenvalue weighted by Gasteiger charge is -2.35. The molecule has 0 spiro atoms. The molecule has 3 rings (SSSR count). The first kappa shape index (κ1) is 12.1. The Labute approximate surface area is 111 Å². The number of fused-ring (bicyclic) bond motifs is 2. The van der Waals surface area contributed by atoms with Crippen LogP contribution in [-0.4, -0.2) is 25.0 Å². The summed E-state index contributed by atoms with van der Waals surface area (Å²) in [7, 11) is 1.34. The van der Waals surface area contributed by atoms with E-state index in [0.29, 0.717) is 18.4 Å². The molecule has 0 amide bonds. The van der Waals surface area contributed by atoms with Gasteiger partial charge in [-0.15, -0.1) is 0 Å². The number of ether oxygens (including phenoxy) is 2. The van der Waals surface area contributed by atoms with Gasteiger partial charge in [-0.2, -0.15) is 0 Å². The van der Waals surface area contributed by atoms with Crippen molar-refractivity contribution in [3.8, 4) is 0 Å². The monoisotopic (exact) mass is 258 g/mol. The highest BCUT2D eigenvalue weighted by molar-refractivity contribution is 5.97. The molecule has 98 valence electrons. The van der Waals surface area contributed by atoms with Gasteiger partial charge in [0.1, 0.15) is 11.7 Å². The van der Waals surface area contributed by atoms with Crippen LogP contribution >= 0.6 is 0 Å². The quantitative estimate of drug-likeness (QED) is 0.758. The van der Waals surface area contributed by atoms with E-state index < -0.39 is 17.7 Å². The van der Waals surface area contributed by atoms with Crippen molar-refractivity contribution in [1.82, 2.24) is 0 Å². The Bertz CT molecular complexity index is 561. The number of benzene rings is 1. The SMILES string of the molecule is COC(=O)C1=C[C@H]2O[C@]1(c1ccccc1)CCC2=O. The lowest BCUT2D eigenvalue weighted by atomic mass is 9.82. The second-order valence-corrected chi connectivity index (χ2v) is 4.77. The zero-order valence-electron chi connectivity index (χ0n) is 10.6. The van der Waals surface area contributed by atoms with Crippen LogP contribution in [-0.2, 0) is 24.7 Å². The largest absolute Gasteiger partial charge is 0.466 e. The summed E-state index contributed by atoms with van der Waals surface area (Å²) in [5.74, 6) is -0.411. The minimum absolute atomic E-state index is 0.0189. The van der Waals surface area contributed by atoms with Crippen LogP contribution in [0.25, 0.3) is 0 Å². The molecule has 1 aromatic carbocycles. The maximum Gasteiger partial charge on any atom is 0.336 e. The number of carbonyl (C=O) groups excluding carboxylic acids is 2. The second-order valence-electron chi connectivity index (χ2n) is 4.77. The molecule has 2 aliphatic rings. The van der Waals surface area contributed by atoms with Gasteiger partial charge in [-0.3, -0.25) is 4.79 Å². The molecule has 0 aliphatic carbocycles. The summed E-state index contributed by atoms with van der Waals surface area (Å²) in [6.07, 6.45) is 1.88. The molecule has 0 N–H and O–H groups in total. The van der Waals surface area contributed by atoms with E-state index in [-0.39, 0.29) is 5.78 Å². The average molecular weight is 258 g/mol. The predicted octanol–water partition coefficient (Wildman–Crippen LogP) is 1.74. The van der Waals surface area contributed by atoms with E-state index in [2.05, 4.69) is 0 Å². The van der Waals surface area contributed by atoms with Crippen LogP contribution in [0.4, 0.5) is 0 Å². The standard InChI is InChI=1S/C15H14O4/c1-18-14(17)11-9-13-12(16)7-8-15(11,19-13)10-5-3-2-4-6-10/h2-6,9,13H,7-8H2,1H3/t13-,15+/m1/s1. The molecule has 4 heteroatoms. The van der Waals surface area contributed by atoms with Crippen LogP contribution in [0.3, 0.4) is 0 Å². The number of rotatable bonds is 2. The molecule has 0 radical (unpaired) electrons. The zero-order valence-corrected chi connectivity index (χ0v) is 10.6. The highest BCUT2D eigenvalue weighted by atomic mass is 16.5. The van der Waals surface area contributed by atoms with Gasteiger partial charge in [0, 0.05) is 6.42 Å². The fourth-order valence-electron chi connectivity index (χ4n) is 2.81. The highest BCUT2D eigenvalue weighted by Gasteiger charge is 2.52. The Hall–Kier alpha value is -1.94. The Morgan fingerprint density at radius 2 is 2.11 bits per heavy atom. The molecule has 2 heterocycles. The van der Waals surface area contributed by atoms with E-state index in [1.54, 1.807) is 6.08 Å². The molecule has 1 fully saturated rings. The Morgan fingerprint density at radius 1 is 1.37 bits per heavy atom. The van der Waals surface area contributed by atoms with Crippen molar-refractivity contribution < 1.29 is 19.1 Å². The zero-order chi connectivity index (χ0) is 13.5. The number of hydrogen-bond acceptors (Lipinski definition) is 4. The fourth-order valence-corrected chi connectivity index (χ4v) is 2.81. The molecule has 2 bridgehead atoms. The summed E-state index contributed by atoms with van der Waals surface area (Å²) in [5.41, 5.74) is 0.506. The van der Waals surface area contributed by atoms with Crippen molar-refractivity contribution >= 4 is 11.8 Å². The van der Waals surface area contributed by atoms with Crippen molar-refractivity contribution in [2.24, 2.45) is 0 Å². The van der Waals surface area contributed by atoms with Gasteiger partial charge in [0.25, 0.3) is 0 Å². The maximum atomic E-state index is 12.0. The van der Waals surface area contributed by atoms with E-state index in [9.17, 15) is 9.59 Å². The topological polar surface area (TPSA) is 52.6 Å². The van der Waals surface area contributed by atoms with Crippen molar-refractivity contribution in [3.05, 3.63) is 47.5 Å². The van der Waals surface area contributed by atoms with E-state index in [1.807, 2.05) is 30.3 Å². The predicted molar refractivity (Wildman–Crippen MR) is 67.3 cm³/mol. The van der Waals surface area contributed by atoms with Gasteiger partial charge >= 0.3 is 5.97 Å². The van der Waals surface area contributed by atoms with Crippen molar-refractivity contribution in [3.63, 3.8) is 0 Å². The Morgan fingerprint density at radius 3 is 2.79 bits per heavy atom. The molecule has 2 aliphatic heterocycles. The van der Waals surface area contributed by atoms with Crippen molar-refractivity contribution in [2.45, 2.75) is 24.5 Å². The summed E-state index contributed by atoms with van der Waals surface area (Å²) in [4.78, 5) is 23.7. The fraction of sp³-hybridized carbons (Fsp3) is 0.333. The summed E-state index contributed by atoms with van der Waals surface area (Å²) in [6.45, 7) is 0. The van der Waals surface area contributed by atoms with E-state index >= 15 is 0 Å². The van der Waals surface area contributed by atoms with Crippen LogP contribution in [0.5, 0.6) is 0 Å². The van der Waals surface area contributed by atoms with Crippen molar-refractivity contribution in [2.75, 3.05) is 7.11 Å². The molecule has 1 aromatic rings. The van der Waals surface area contributed by atoms with Crippen LogP contribution in [0.1, 0.15) is 18.4 Å². The minimum atomic E-state index is -0.826. The van der Waals surface area contributed by atoms with E-state index in [0.717, 1.165) is 5.56 Å². The third kappa shape index (κ3) is 1.71. The summed E-state index contributed by atoms with van der Waals surface area (Å²) in [6, 6.07) is 9.52. The molecule has 1 saturated heterocycles. The minimum Gasteiger partial charge on any atom is -0.466 e. The van der Waals surface area contributed by atoms with Gasteiger partial charge in [0.15, 0.2) is 5.78 Å². The first-order chi connectivity index (χ1) is 9.17. The lowest BCUT2D eigenvalue weighted by molar-refractivity contribution is -0.150. The van der Waals surface area contributed by atoms with E-state index in [4.69, 9.17) is 9.47 Å². The number of ketones is 1. The molecule has 0 aromatic heterocycles. The normalized spacial score (nSPS) is 29.0. The third-order valence-electron chi connectivity index (χ3n) is 3.77. The highest BCUT2D eigenvalue weighted by Crippen LogP contribution is 2.47. The third-order valence-corrected chi connectivity index (χ3v) is 3.77. The van der Waals surface area contributed by atoms with Crippen LogP contribution in [0, 0.1) is 0 Å². The molecule has 2 atom stereocenters. The van der Waals surface area contributed by atoms with Gasteiger partial charge < -0.3 is 9.47 Å². The van der Waals surface area contributed by atoms with Crippen LogP contribution < -0.4 is 0 Å². The number of methoxy groups -OCH3 is 1. The molecule has 19 heavy (non-hydrogen) atoms. The van der Waals surface area contributed by atoms with Crippen LogP contribution in [0.2, 0.25) is 0 Å². The van der Waals surface area contributed by atoms with Gasteiger partial charge in [0.2, 0.25) is 0 Å². The van der Waals surface area contributed by atoms with Gasteiger partial charge in [-0.25, -0.2) is 4.79 Å². The summed E-state index contributed by atoms with van der Waals surface area (Å²) in [5, 5.41) is 0. The lowest BCUT2D eigenvalue weighted by Crippen LogP contribution is -2.39. The van der Waals surface area contributed by atoms with Gasteiger partial charge in [-0.05, 0) is 18.1 Å². The summed E-state index contributed by atoms with van der Waals surface area (Å²) >= 11 is 0. The number of esters is 1. The molecule has 0 saturated carbocycles. The number of hydrogen-bond donors (Lipinski definition) is 0. The molecular weight excluding hydrogens is 244 g/mol. The molecular formula is C15H14O4. The molecule has 4 nitrogen and oxygen atoms in total. The maximum absolute atomic E-state index is 12.0. The first-order valence-corrected chi connectivity index (χ1v) is 6.24. The Kier molecular flexibility index (Phi) is 2.75. The van der Waals surface area contributed by atoms with Gasteiger partial charge in [-0.1, -0.05) is 30.3 Å². The Balaban J connectivity index is 2.11.